The van der Waals surface area contributed by atoms with Crippen molar-refractivity contribution in [3.05, 3.63) is 29.8 Å². The van der Waals surface area contributed by atoms with E-state index in [4.69, 9.17) is 9.94 Å². The minimum absolute atomic E-state index is 0.551. The summed E-state index contributed by atoms with van der Waals surface area (Å²) in [5.74, 6) is 0.273. The van der Waals surface area contributed by atoms with Gasteiger partial charge < -0.3 is 15.0 Å². The van der Waals surface area contributed by atoms with Crippen LogP contribution in [0.5, 0.6) is 5.75 Å². The average Bonchev–Trinajstić information content (AvgIpc) is 2.72. The maximum absolute atomic E-state index is 11.2. The summed E-state index contributed by atoms with van der Waals surface area (Å²) in [7, 11) is 0. The van der Waals surface area contributed by atoms with Crippen LogP contribution in [0.3, 0.4) is 0 Å². The summed E-state index contributed by atoms with van der Waals surface area (Å²) in [6.07, 6.45) is 9.09. The summed E-state index contributed by atoms with van der Waals surface area (Å²) in [5.41, 5.74) is 3.40. The van der Waals surface area contributed by atoms with E-state index in [1.807, 2.05) is 18.2 Å². The summed E-state index contributed by atoms with van der Waals surface area (Å²) in [5, 5.41) is 12.1. The van der Waals surface area contributed by atoms with Crippen molar-refractivity contribution in [2.24, 2.45) is 0 Å². The number of rotatable bonds is 15. The van der Waals surface area contributed by atoms with Crippen LogP contribution in [0, 0.1) is 0 Å². The van der Waals surface area contributed by atoms with Gasteiger partial charge in [0.05, 0.1) is 5.69 Å². The Morgan fingerprint density at radius 1 is 1.14 bits per heavy atom. The second kappa shape index (κ2) is 14.9. The molecule has 0 aliphatic rings. The van der Waals surface area contributed by atoms with E-state index in [9.17, 15) is 4.79 Å². The molecule has 0 bridgehead atoms. The molecule has 0 spiro atoms. The molecule has 158 valence electrons. The molecule has 1 rings (SSSR count). The highest BCUT2D eigenvalue weighted by Gasteiger charge is 2.06. The first-order chi connectivity index (χ1) is 13.6. The van der Waals surface area contributed by atoms with Crippen molar-refractivity contribution >= 4 is 17.7 Å². The number of nitrogens with one attached hydrogen (secondary N) is 2. The fraction of sp³-hybridized carbons (Fsp3) is 0.591. The molecule has 0 radical (unpaired) electrons. The maximum atomic E-state index is 11.2. The monoisotopic (exact) mass is 391 g/mol. The molecule has 1 aromatic carbocycles. The van der Waals surface area contributed by atoms with Crippen molar-refractivity contribution in [1.29, 1.82) is 0 Å². The molecule has 6 nitrogen and oxygen atoms in total. The van der Waals surface area contributed by atoms with Crippen molar-refractivity contribution in [2.75, 3.05) is 38.1 Å². The molecule has 28 heavy (non-hydrogen) atoms. The van der Waals surface area contributed by atoms with Crippen LogP contribution in [0.4, 0.5) is 5.69 Å². The third-order valence-corrected chi connectivity index (χ3v) is 4.70. The summed E-state index contributed by atoms with van der Waals surface area (Å²) in [4.78, 5) is 13.5. The lowest BCUT2D eigenvalue weighted by atomic mass is 10.1. The van der Waals surface area contributed by atoms with Crippen LogP contribution >= 0.6 is 0 Å². The Kier molecular flexibility index (Phi) is 12.8. The van der Waals surface area contributed by atoms with Crippen LogP contribution in [0.1, 0.15) is 58.4 Å². The first-order valence-corrected chi connectivity index (χ1v) is 10.5. The first-order valence-electron chi connectivity index (χ1n) is 10.5. The van der Waals surface area contributed by atoms with Gasteiger partial charge in [0.2, 0.25) is 0 Å². The molecule has 0 aliphatic heterocycles. The van der Waals surface area contributed by atoms with Crippen molar-refractivity contribution < 1.29 is 14.7 Å². The zero-order valence-corrected chi connectivity index (χ0v) is 17.7. The number of benzene rings is 1. The highest BCUT2D eigenvalue weighted by Crippen LogP contribution is 2.26. The standard InChI is InChI=1S/C22H37N3O3/c1-4-7-8-9-10-15-23-20-18-19(12-14-22(26)24-27)11-13-21(20)28-17-16-25(5-2)6-3/h11-14,18,23,27H,4-10,15-17H2,1-3H3,(H,24,26)/b14-12+. The van der Waals surface area contributed by atoms with Crippen molar-refractivity contribution in [3.63, 3.8) is 0 Å². The molecule has 0 atom stereocenters. The molecule has 0 fully saturated rings. The molecule has 3 N–H and O–H groups in total. The summed E-state index contributed by atoms with van der Waals surface area (Å²) >= 11 is 0. The van der Waals surface area contributed by atoms with Gasteiger partial charge in [0.25, 0.3) is 5.91 Å². The molecular formula is C22H37N3O3. The third-order valence-electron chi connectivity index (χ3n) is 4.70. The lowest BCUT2D eigenvalue weighted by molar-refractivity contribution is -0.124. The molecule has 1 amide bonds. The van der Waals surface area contributed by atoms with Crippen LogP contribution in [0.2, 0.25) is 0 Å². The third kappa shape index (κ3) is 9.76. The SMILES string of the molecule is CCCCCCCNc1cc(/C=C/C(=O)NO)ccc1OCCN(CC)CC. The predicted octanol–water partition coefficient (Wildman–Crippen LogP) is 4.31. The fourth-order valence-corrected chi connectivity index (χ4v) is 2.90. The lowest BCUT2D eigenvalue weighted by Gasteiger charge is -2.19. The first kappa shape index (κ1) is 24.0. The van der Waals surface area contributed by atoms with Gasteiger partial charge in [-0.25, -0.2) is 5.48 Å². The van der Waals surface area contributed by atoms with Crippen LogP contribution in [0.15, 0.2) is 24.3 Å². The Morgan fingerprint density at radius 2 is 1.89 bits per heavy atom. The predicted molar refractivity (Wildman–Crippen MR) is 116 cm³/mol. The van der Waals surface area contributed by atoms with Gasteiger partial charge in [-0.1, -0.05) is 52.5 Å². The average molecular weight is 392 g/mol. The molecule has 0 unspecified atom stereocenters. The van der Waals surface area contributed by atoms with Crippen molar-refractivity contribution in [2.45, 2.75) is 52.9 Å². The minimum atomic E-state index is -0.551. The molecule has 0 saturated carbocycles. The van der Waals surface area contributed by atoms with Gasteiger partial charge >= 0.3 is 0 Å². The number of unbranched alkanes of at least 4 members (excludes halogenated alkanes) is 4. The molecular weight excluding hydrogens is 354 g/mol. The number of hydroxylamine groups is 1. The summed E-state index contributed by atoms with van der Waals surface area (Å²) < 4.78 is 6.02. The van der Waals surface area contributed by atoms with Gasteiger partial charge in [-0.2, -0.15) is 0 Å². The van der Waals surface area contributed by atoms with E-state index in [1.54, 1.807) is 11.6 Å². The van der Waals surface area contributed by atoms with E-state index in [0.717, 1.165) is 49.6 Å². The van der Waals surface area contributed by atoms with Crippen LogP contribution in [-0.2, 0) is 4.79 Å². The van der Waals surface area contributed by atoms with Gasteiger partial charge in [0, 0.05) is 19.2 Å². The van der Waals surface area contributed by atoms with E-state index in [1.165, 1.54) is 31.8 Å². The van der Waals surface area contributed by atoms with E-state index < -0.39 is 5.91 Å². The highest BCUT2D eigenvalue weighted by molar-refractivity contribution is 5.91. The van der Waals surface area contributed by atoms with E-state index >= 15 is 0 Å². The Bertz CT molecular complexity index is 586. The Balaban J connectivity index is 2.72. The molecule has 1 aromatic rings. The number of nitrogens with zero attached hydrogens (tertiary/aromatic N) is 1. The van der Waals surface area contributed by atoms with Crippen LogP contribution in [-0.4, -0.2) is 48.8 Å². The molecule has 0 aliphatic carbocycles. The zero-order chi connectivity index (χ0) is 20.6. The molecule has 0 aromatic heterocycles. The zero-order valence-electron chi connectivity index (χ0n) is 17.7. The number of hydrogen-bond donors (Lipinski definition) is 3. The van der Waals surface area contributed by atoms with Gasteiger partial charge in [0.15, 0.2) is 0 Å². The largest absolute Gasteiger partial charge is 0.490 e. The molecule has 0 saturated heterocycles. The molecule has 6 heteroatoms. The van der Waals surface area contributed by atoms with Gasteiger partial charge in [0.1, 0.15) is 12.4 Å². The Labute approximate surface area is 169 Å². The number of ether oxygens (including phenoxy) is 1. The topological polar surface area (TPSA) is 73.8 Å². The summed E-state index contributed by atoms with van der Waals surface area (Å²) in [6.45, 7) is 11.0. The number of carbonyl (C=O) groups excluding carboxylic acids is 1. The van der Waals surface area contributed by atoms with Gasteiger partial charge in [-0.15, -0.1) is 0 Å². The van der Waals surface area contributed by atoms with Gasteiger partial charge in [-0.05, 0) is 43.3 Å². The highest BCUT2D eigenvalue weighted by atomic mass is 16.5. The quantitative estimate of drug-likeness (QED) is 0.180. The number of hydrogen-bond acceptors (Lipinski definition) is 5. The fourth-order valence-electron chi connectivity index (χ4n) is 2.90. The maximum Gasteiger partial charge on any atom is 0.267 e. The van der Waals surface area contributed by atoms with Crippen LogP contribution < -0.4 is 15.5 Å². The van der Waals surface area contributed by atoms with Crippen molar-refractivity contribution in [3.8, 4) is 5.75 Å². The minimum Gasteiger partial charge on any atom is -0.490 e. The molecule has 0 heterocycles. The lowest BCUT2D eigenvalue weighted by Crippen LogP contribution is -2.28. The van der Waals surface area contributed by atoms with Gasteiger partial charge in [-0.3, -0.25) is 10.0 Å². The second-order valence-electron chi connectivity index (χ2n) is 6.78. The van der Waals surface area contributed by atoms with E-state index in [0.29, 0.717) is 6.61 Å². The van der Waals surface area contributed by atoms with E-state index in [2.05, 4.69) is 31.0 Å². The normalized spacial score (nSPS) is 11.2. The number of amides is 1. The van der Waals surface area contributed by atoms with Crippen LogP contribution in [0.25, 0.3) is 6.08 Å². The van der Waals surface area contributed by atoms with E-state index in [-0.39, 0.29) is 0 Å². The Morgan fingerprint density at radius 3 is 2.57 bits per heavy atom. The number of likely N-dealkylation sites (N-methyl/N-ethyl adjacent to an activating group) is 1. The Hall–Kier alpha value is -2.05. The van der Waals surface area contributed by atoms with Crippen molar-refractivity contribution in [1.82, 2.24) is 10.4 Å². The second-order valence-corrected chi connectivity index (χ2v) is 6.78. The number of anilines is 1. The number of carbonyl (C=O) groups is 1. The summed E-state index contributed by atoms with van der Waals surface area (Å²) in [6, 6.07) is 5.80. The smallest absolute Gasteiger partial charge is 0.267 e.